The number of rotatable bonds is 4. The Hall–Kier alpha value is -1.57. The largest absolute Gasteiger partial charge is 0.465 e. The van der Waals surface area contributed by atoms with Gasteiger partial charge in [0, 0.05) is 10.2 Å². The highest BCUT2D eigenvalue weighted by Crippen LogP contribution is 2.26. The average Bonchev–Trinajstić information content (AvgIpc) is 2.49. The van der Waals surface area contributed by atoms with Gasteiger partial charge in [-0.2, -0.15) is 0 Å². The van der Waals surface area contributed by atoms with E-state index in [1.54, 1.807) is 24.3 Å². The van der Waals surface area contributed by atoms with E-state index < -0.39 is 16.0 Å². The topological polar surface area (TPSA) is 72.5 Å². The van der Waals surface area contributed by atoms with E-state index in [4.69, 9.17) is 11.6 Å². The Bertz CT molecular complexity index is 806. The zero-order valence-electron chi connectivity index (χ0n) is 11.3. The third-order valence-electron chi connectivity index (χ3n) is 2.74. The van der Waals surface area contributed by atoms with Gasteiger partial charge in [0.05, 0.1) is 17.7 Å². The molecule has 0 aliphatic heterocycles. The summed E-state index contributed by atoms with van der Waals surface area (Å²) in [6.45, 7) is 0. The smallest absolute Gasteiger partial charge is 0.337 e. The van der Waals surface area contributed by atoms with Gasteiger partial charge in [0.25, 0.3) is 10.0 Å². The Morgan fingerprint density at radius 2 is 1.82 bits per heavy atom. The van der Waals surface area contributed by atoms with Crippen molar-refractivity contribution in [3.63, 3.8) is 0 Å². The molecule has 0 amide bonds. The minimum Gasteiger partial charge on any atom is -0.465 e. The van der Waals surface area contributed by atoms with Crippen LogP contribution in [-0.2, 0) is 14.8 Å². The van der Waals surface area contributed by atoms with Crippen LogP contribution in [0, 0.1) is 0 Å². The third kappa shape index (κ3) is 3.79. The number of hydrogen-bond donors (Lipinski definition) is 1. The molecule has 0 saturated heterocycles. The number of halogens is 2. The molecule has 0 radical (unpaired) electrons. The van der Waals surface area contributed by atoms with Crippen LogP contribution in [0.2, 0.25) is 5.02 Å². The molecule has 5 nitrogen and oxygen atoms in total. The quantitative estimate of drug-likeness (QED) is 0.789. The van der Waals surface area contributed by atoms with Gasteiger partial charge in [-0.05, 0) is 42.5 Å². The highest BCUT2D eigenvalue weighted by atomic mass is 79.9. The Labute approximate surface area is 141 Å². The Balaban J connectivity index is 2.40. The first-order valence-corrected chi connectivity index (χ1v) is 8.65. The van der Waals surface area contributed by atoms with Crippen LogP contribution in [0.1, 0.15) is 10.4 Å². The fourth-order valence-corrected chi connectivity index (χ4v) is 3.53. The predicted octanol–water partition coefficient (Wildman–Crippen LogP) is 3.69. The summed E-state index contributed by atoms with van der Waals surface area (Å²) in [4.78, 5) is 11.3. The van der Waals surface area contributed by atoms with Crippen molar-refractivity contribution >= 4 is 49.2 Å². The van der Waals surface area contributed by atoms with Gasteiger partial charge in [-0.25, -0.2) is 13.2 Å². The van der Waals surface area contributed by atoms with Gasteiger partial charge in [-0.3, -0.25) is 4.72 Å². The van der Waals surface area contributed by atoms with Crippen LogP contribution in [0.3, 0.4) is 0 Å². The molecule has 0 saturated carbocycles. The number of carbonyl (C=O) groups excluding carboxylic acids is 1. The summed E-state index contributed by atoms with van der Waals surface area (Å²) >= 11 is 9.21. The Kier molecular flexibility index (Phi) is 5.10. The maximum absolute atomic E-state index is 12.4. The lowest BCUT2D eigenvalue weighted by molar-refractivity contribution is 0.0600. The van der Waals surface area contributed by atoms with Crippen molar-refractivity contribution in [1.82, 2.24) is 0 Å². The summed E-state index contributed by atoms with van der Waals surface area (Å²) < 4.78 is 32.6. The van der Waals surface area contributed by atoms with Crippen molar-refractivity contribution in [2.24, 2.45) is 0 Å². The summed E-state index contributed by atoms with van der Waals surface area (Å²) in [5.74, 6) is -0.642. The van der Waals surface area contributed by atoms with Crippen molar-refractivity contribution in [3.05, 3.63) is 57.5 Å². The van der Waals surface area contributed by atoms with E-state index in [1.807, 2.05) is 0 Å². The molecule has 2 rings (SSSR count). The van der Waals surface area contributed by atoms with Gasteiger partial charge < -0.3 is 4.74 Å². The van der Waals surface area contributed by atoms with Crippen LogP contribution < -0.4 is 4.72 Å². The van der Waals surface area contributed by atoms with E-state index in [2.05, 4.69) is 25.4 Å². The van der Waals surface area contributed by atoms with E-state index in [0.29, 0.717) is 5.69 Å². The molecule has 0 fully saturated rings. The lowest BCUT2D eigenvalue weighted by atomic mass is 10.2. The first-order chi connectivity index (χ1) is 10.3. The lowest BCUT2D eigenvalue weighted by Crippen LogP contribution is -2.14. The number of methoxy groups -OCH3 is 1. The van der Waals surface area contributed by atoms with E-state index in [1.165, 1.54) is 25.3 Å². The number of hydrogen-bond acceptors (Lipinski definition) is 4. The van der Waals surface area contributed by atoms with E-state index in [0.717, 1.165) is 4.47 Å². The summed E-state index contributed by atoms with van der Waals surface area (Å²) in [7, 11) is -2.71. The minimum absolute atomic E-state index is 0.0114. The maximum Gasteiger partial charge on any atom is 0.337 e. The molecule has 0 unspecified atom stereocenters. The molecule has 0 atom stereocenters. The number of sulfonamides is 1. The van der Waals surface area contributed by atoms with Crippen LogP contribution in [0.4, 0.5) is 5.69 Å². The van der Waals surface area contributed by atoms with Gasteiger partial charge in [0.15, 0.2) is 0 Å². The normalized spacial score (nSPS) is 11.0. The zero-order chi connectivity index (χ0) is 16.3. The molecule has 22 heavy (non-hydrogen) atoms. The van der Waals surface area contributed by atoms with Crippen molar-refractivity contribution < 1.29 is 17.9 Å². The summed E-state index contributed by atoms with van der Waals surface area (Å²) in [5, 5.41) is 0.0114. The number of ether oxygens (including phenoxy) is 1. The fourth-order valence-electron chi connectivity index (χ4n) is 1.68. The molecule has 8 heteroatoms. The number of anilines is 1. The molecule has 0 aliphatic carbocycles. The van der Waals surface area contributed by atoms with Gasteiger partial charge in [0.1, 0.15) is 4.90 Å². The average molecular weight is 405 g/mol. The van der Waals surface area contributed by atoms with Gasteiger partial charge in [0.2, 0.25) is 0 Å². The molecule has 1 N–H and O–H groups in total. The second kappa shape index (κ2) is 6.68. The van der Waals surface area contributed by atoms with Crippen LogP contribution in [0.5, 0.6) is 0 Å². The number of carbonyl (C=O) groups is 1. The molecular formula is C14H11BrClNO4S. The van der Waals surface area contributed by atoms with Crippen molar-refractivity contribution in [2.45, 2.75) is 4.90 Å². The van der Waals surface area contributed by atoms with E-state index in [9.17, 15) is 13.2 Å². The highest BCUT2D eigenvalue weighted by molar-refractivity contribution is 9.10. The van der Waals surface area contributed by atoms with E-state index >= 15 is 0 Å². The summed E-state index contributed by atoms with van der Waals surface area (Å²) in [6.07, 6.45) is 0. The number of benzene rings is 2. The summed E-state index contributed by atoms with van der Waals surface area (Å²) in [5.41, 5.74) is 0.478. The van der Waals surface area contributed by atoms with Crippen molar-refractivity contribution in [3.8, 4) is 0 Å². The number of esters is 1. The van der Waals surface area contributed by atoms with Crippen LogP contribution >= 0.6 is 27.5 Å². The molecule has 0 heterocycles. The Morgan fingerprint density at radius 1 is 1.18 bits per heavy atom. The standard InChI is InChI=1S/C14H11BrClNO4S/c1-21-14(18)9-2-7-12(16)13(8-9)22(19,20)17-11-5-3-10(15)4-6-11/h2-8,17H,1H3. The van der Waals surface area contributed by atoms with Crippen molar-refractivity contribution in [2.75, 3.05) is 11.8 Å². The molecule has 0 bridgehead atoms. The fraction of sp³-hybridized carbons (Fsp3) is 0.0714. The van der Waals surface area contributed by atoms with Gasteiger partial charge in [-0.15, -0.1) is 0 Å². The second-order valence-electron chi connectivity index (χ2n) is 4.25. The van der Waals surface area contributed by atoms with Crippen LogP contribution in [0.15, 0.2) is 51.8 Å². The molecule has 2 aromatic carbocycles. The molecule has 116 valence electrons. The molecule has 0 aromatic heterocycles. The highest BCUT2D eigenvalue weighted by Gasteiger charge is 2.20. The van der Waals surface area contributed by atoms with Gasteiger partial charge >= 0.3 is 5.97 Å². The first kappa shape index (κ1) is 16.8. The maximum atomic E-state index is 12.4. The first-order valence-electron chi connectivity index (χ1n) is 6.00. The molecular weight excluding hydrogens is 394 g/mol. The monoisotopic (exact) mass is 403 g/mol. The molecule has 0 spiro atoms. The zero-order valence-corrected chi connectivity index (χ0v) is 14.5. The number of nitrogens with one attached hydrogen (secondary N) is 1. The second-order valence-corrected chi connectivity index (χ2v) is 7.22. The SMILES string of the molecule is COC(=O)c1ccc(Cl)c(S(=O)(=O)Nc2ccc(Br)cc2)c1. The molecule has 0 aliphatic rings. The van der Waals surface area contributed by atoms with E-state index in [-0.39, 0.29) is 15.5 Å². The molecule has 2 aromatic rings. The summed E-state index contributed by atoms with van der Waals surface area (Å²) in [6, 6.07) is 10.5. The predicted molar refractivity (Wildman–Crippen MR) is 87.7 cm³/mol. The van der Waals surface area contributed by atoms with Crippen LogP contribution in [-0.4, -0.2) is 21.5 Å². The Morgan fingerprint density at radius 3 is 2.41 bits per heavy atom. The third-order valence-corrected chi connectivity index (χ3v) is 5.13. The van der Waals surface area contributed by atoms with Crippen LogP contribution in [0.25, 0.3) is 0 Å². The van der Waals surface area contributed by atoms with Gasteiger partial charge in [-0.1, -0.05) is 27.5 Å². The minimum atomic E-state index is -3.93. The lowest BCUT2D eigenvalue weighted by Gasteiger charge is -2.10. The van der Waals surface area contributed by atoms with Crippen molar-refractivity contribution in [1.29, 1.82) is 0 Å².